The number of ether oxygens (including phenoxy) is 2. The number of benzene rings is 3. The summed E-state index contributed by atoms with van der Waals surface area (Å²) in [5, 5.41) is 11.7. The average Bonchev–Trinajstić information content (AvgIpc) is 2.96. The molecule has 2 heterocycles. The monoisotopic (exact) mass is 482 g/mol. The minimum atomic E-state index is -0.512. The molecule has 3 aromatic carbocycles. The lowest BCUT2D eigenvalue weighted by Crippen LogP contribution is -2.39. The molecule has 0 saturated carbocycles. The number of para-hydroxylation sites is 1. The first-order chi connectivity index (χ1) is 17.6. The summed E-state index contributed by atoms with van der Waals surface area (Å²) in [6.07, 6.45) is 1.00. The zero-order valence-corrected chi connectivity index (χ0v) is 20.6. The summed E-state index contributed by atoms with van der Waals surface area (Å²) in [5.74, 6) is 1.37. The maximum absolute atomic E-state index is 13.8. The van der Waals surface area contributed by atoms with Gasteiger partial charge in [0.05, 0.1) is 37.1 Å². The van der Waals surface area contributed by atoms with Gasteiger partial charge >= 0.3 is 0 Å². The molecule has 1 fully saturated rings. The number of likely N-dealkylation sites (tertiary alicyclic amines) is 1. The van der Waals surface area contributed by atoms with Crippen LogP contribution in [-0.2, 0) is 0 Å². The van der Waals surface area contributed by atoms with Crippen LogP contribution >= 0.6 is 0 Å². The third-order valence-electron chi connectivity index (χ3n) is 7.04. The van der Waals surface area contributed by atoms with Gasteiger partial charge in [-0.2, -0.15) is 0 Å². The van der Waals surface area contributed by atoms with Crippen molar-refractivity contribution in [2.24, 2.45) is 5.92 Å². The summed E-state index contributed by atoms with van der Waals surface area (Å²) in [4.78, 5) is 20.5. The van der Waals surface area contributed by atoms with E-state index < -0.39 is 6.10 Å². The summed E-state index contributed by atoms with van der Waals surface area (Å²) in [5.41, 5.74) is 3.88. The zero-order chi connectivity index (χ0) is 25.1. The van der Waals surface area contributed by atoms with Crippen LogP contribution in [0.15, 0.2) is 78.9 Å². The van der Waals surface area contributed by atoms with Gasteiger partial charge in [-0.3, -0.25) is 4.79 Å². The lowest BCUT2D eigenvalue weighted by molar-refractivity contribution is 0.0463. The molecule has 0 radical (unpaired) electrons. The van der Waals surface area contributed by atoms with E-state index in [9.17, 15) is 9.90 Å². The normalized spacial score (nSPS) is 15.0. The van der Waals surface area contributed by atoms with Gasteiger partial charge in [-0.15, -0.1) is 0 Å². The van der Waals surface area contributed by atoms with Crippen LogP contribution in [0, 0.1) is 5.92 Å². The first-order valence-electron chi connectivity index (χ1n) is 12.2. The molecule has 1 aliphatic rings. The average molecular weight is 483 g/mol. The number of aliphatic hydroxyl groups is 1. The maximum Gasteiger partial charge on any atom is 0.254 e. The Morgan fingerprint density at radius 3 is 2.33 bits per heavy atom. The molecule has 6 nitrogen and oxygen atoms in total. The number of aromatic nitrogens is 1. The molecule has 184 valence electrons. The molecule has 1 aliphatic heterocycles. The van der Waals surface area contributed by atoms with E-state index in [1.165, 1.54) is 0 Å². The molecule has 5 rings (SSSR count). The molecular formula is C30H30N2O4. The number of hydrogen-bond acceptors (Lipinski definition) is 5. The number of methoxy groups -OCH3 is 2. The number of fused-ring (bicyclic) bond motifs is 1. The van der Waals surface area contributed by atoms with Gasteiger partial charge in [0.2, 0.25) is 0 Å². The third kappa shape index (κ3) is 4.64. The summed E-state index contributed by atoms with van der Waals surface area (Å²) in [7, 11) is 3.20. The first-order valence-corrected chi connectivity index (χ1v) is 12.2. The summed E-state index contributed by atoms with van der Waals surface area (Å²) in [6, 6.07) is 25.0. The maximum atomic E-state index is 13.8. The number of rotatable bonds is 6. The predicted molar refractivity (Wildman–Crippen MR) is 140 cm³/mol. The van der Waals surface area contributed by atoms with Crippen molar-refractivity contribution in [1.82, 2.24) is 9.88 Å². The molecule has 1 N–H and O–H groups in total. The highest BCUT2D eigenvalue weighted by molar-refractivity contribution is 6.07. The number of piperidine rings is 1. The Morgan fingerprint density at radius 1 is 0.917 bits per heavy atom. The third-order valence-corrected chi connectivity index (χ3v) is 7.04. The minimum Gasteiger partial charge on any atom is -0.493 e. The highest BCUT2D eigenvalue weighted by Crippen LogP contribution is 2.35. The second kappa shape index (κ2) is 10.4. The summed E-state index contributed by atoms with van der Waals surface area (Å²) < 4.78 is 10.8. The number of carbonyl (C=O) groups excluding carboxylic acids is 1. The van der Waals surface area contributed by atoms with Crippen molar-refractivity contribution < 1.29 is 19.4 Å². The lowest BCUT2D eigenvalue weighted by Gasteiger charge is -2.34. The molecule has 4 aromatic rings. The van der Waals surface area contributed by atoms with Gasteiger partial charge < -0.3 is 19.5 Å². The Morgan fingerprint density at radius 2 is 1.61 bits per heavy atom. The molecule has 0 spiro atoms. The molecular weight excluding hydrogens is 452 g/mol. The molecule has 1 amide bonds. The Labute approximate surface area is 211 Å². The van der Waals surface area contributed by atoms with E-state index in [0.29, 0.717) is 35.8 Å². The highest BCUT2D eigenvalue weighted by Gasteiger charge is 2.29. The van der Waals surface area contributed by atoms with Gasteiger partial charge in [0.1, 0.15) is 0 Å². The Kier molecular flexibility index (Phi) is 6.87. The van der Waals surface area contributed by atoms with Gasteiger partial charge in [0.25, 0.3) is 5.91 Å². The number of nitrogens with zero attached hydrogens (tertiary/aromatic N) is 2. The van der Waals surface area contributed by atoms with Crippen LogP contribution in [0.1, 0.15) is 34.9 Å². The second-order valence-corrected chi connectivity index (χ2v) is 9.13. The van der Waals surface area contributed by atoms with Crippen LogP contribution in [0.2, 0.25) is 0 Å². The predicted octanol–water partition coefficient (Wildman–Crippen LogP) is 5.50. The van der Waals surface area contributed by atoms with E-state index in [0.717, 1.165) is 34.9 Å². The highest BCUT2D eigenvalue weighted by atomic mass is 16.5. The van der Waals surface area contributed by atoms with Crippen molar-refractivity contribution in [2.45, 2.75) is 18.9 Å². The Bertz CT molecular complexity index is 1360. The summed E-state index contributed by atoms with van der Waals surface area (Å²) in [6.45, 7) is 1.21. The Balaban J connectivity index is 1.42. The second-order valence-electron chi connectivity index (χ2n) is 9.13. The van der Waals surface area contributed by atoms with E-state index in [-0.39, 0.29) is 11.8 Å². The molecule has 1 saturated heterocycles. The molecule has 0 bridgehead atoms. The number of pyridine rings is 1. The van der Waals surface area contributed by atoms with Crippen LogP contribution in [-0.4, -0.2) is 48.2 Å². The fraction of sp³-hybridized carbons (Fsp3) is 0.267. The van der Waals surface area contributed by atoms with Crippen LogP contribution in [0.3, 0.4) is 0 Å². The van der Waals surface area contributed by atoms with Crippen LogP contribution in [0.5, 0.6) is 11.5 Å². The van der Waals surface area contributed by atoms with Crippen molar-refractivity contribution in [3.8, 4) is 22.8 Å². The van der Waals surface area contributed by atoms with Crippen molar-refractivity contribution in [3.63, 3.8) is 0 Å². The van der Waals surface area contributed by atoms with Gasteiger partial charge in [-0.1, -0.05) is 48.5 Å². The first kappa shape index (κ1) is 23.8. The fourth-order valence-electron chi connectivity index (χ4n) is 5.01. The van der Waals surface area contributed by atoms with Gasteiger partial charge in [-0.05, 0) is 54.7 Å². The topological polar surface area (TPSA) is 71.9 Å². The van der Waals surface area contributed by atoms with Crippen molar-refractivity contribution in [2.75, 3.05) is 27.3 Å². The summed E-state index contributed by atoms with van der Waals surface area (Å²) >= 11 is 0. The van der Waals surface area contributed by atoms with Crippen LogP contribution in [0.4, 0.5) is 0 Å². The number of carbonyl (C=O) groups is 1. The molecule has 1 aromatic heterocycles. The SMILES string of the molecule is COc1ccc(-c2cc(C(=O)N3CCC(C(O)c4ccccc4)CC3)c3ccccc3n2)cc1OC. The Hall–Kier alpha value is -3.90. The van der Waals surface area contributed by atoms with Gasteiger partial charge in [-0.25, -0.2) is 4.98 Å². The number of amides is 1. The van der Waals surface area contributed by atoms with E-state index in [1.807, 2.05) is 83.8 Å². The van der Waals surface area contributed by atoms with Crippen LogP contribution < -0.4 is 9.47 Å². The zero-order valence-electron chi connectivity index (χ0n) is 20.6. The minimum absolute atomic E-state index is 0.0111. The number of aliphatic hydroxyl groups excluding tert-OH is 1. The van der Waals surface area contributed by atoms with E-state index >= 15 is 0 Å². The standard InChI is InChI=1S/C30H30N2O4/c1-35-27-13-12-22(18-28(27)36-2)26-19-24(23-10-6-7-11-25(23)31-26)30(34)32-16-14-21(15-17-32)29(33)20-8-4-3-5-9-20/h3-13,18-19,21,29,33H,14-17H2,1-2H3. The lowest BCUT2D eigenvalue weighted by atomic mass is 9.87. The fourth-order valence-corrected chi connectivity index (χ4v) is 5.01. The van der Waals surface area contributed by atoms with E-state index in [4.69, 9.17) is 14.5 Å². The molecule has 1 atom stereocenters. The number of hydrogen-bond donors (Lipinski definition) is 1. The van der Waals surface area contributed by atoms with Crippen molar-refractivity contribution >= 4 is 16.8 Å². The van der Waals surface area contributed by atoms with Gasteiger partial charge in [0.15, 0.2) is 11.5 Å². The molecule has 1 unspecified atom stereocenters. The van der Waals surface area contributed by atoms with Gasteiger partial charge in [0, 0.05) is 24.0 Å². The van der Waals surface area contributed by atoms with Crippen molar-refractivity contribution in [3.05, 3.63) is 90.0 Å². The quantitative estimate of drug-likeness (QED) is 0.393. The molecule has 6 heteroatoms. The van der Waals surface area contributed by atoms with E-state index in [1.54, 1.807) is 14.2 Å². The smallest absolute Gasteiger partial charge is 0.254 e. The van der Waals surface area contributed by atoms with Crippen LogP contribution in [0.25, 0.3) is 22.2 Å². The molecule has 36 heavy (non-hydrogen) atoms. The van der Waals surface area contributed by atoms with Crippen molar-refractivity contribution in [1.29, 1.82) is 0 Å². The van der Waals surface area contributed by atoms with E-state index in [2.05, 4.69) is 0 Å². The molecule has 0 aliphatic carbocycles. The largest absolute Gasteiger partial charge is 0.493 e.